The standard InChI is InChI=1S/C14H14F3N3O3/c1-2-19(7-6-14(15,16)17)13(21)10-8-9-4-3-5-11(20(22)23)12(9)18-10/h3-5,8,18H,2,6-7H2,1H3. The molecule has 0 bridgehead atoms. The van der Waals surface area contributed by atoms with Crippen LogP contribution in [0.25, 0.3) is 10.9 Å². The molecule has 1 heterocycles. The maximum absolute atomic E-state index is 12.3. The molecule has 0 aliphatic carbocycles. The molecule has 0 atom stereocenters. The molecule has 0 saturated heterocycles. The van der Waals surface area contributed by atoms with Crippen molar-refractivity contribution in [1.82, 2.24) is 9.88 Å². The lowest BCUT2D eigenvalue weighted by atomic mass is 10.2. The van der Waals surface area contributed by atoms with E-state index in [0.29, 0.717) is 5.39 Å². The van der Waals surface area contributed by atoms with Crippen LogP contribution in [0.15, 0.2) is 24.3 Å². The monoisotopic (exact) mass is 329 g/mol. The third-order valence-corrected chi connectivity index (χ3v) is 3.40. The van der Waals surface area contributed by atoms with Gasteiger partial charge in [0.25, 0.3) is 11.6 Å². The van der Waals surface area contributed by atoms with Crippen molar-refractivity contribution in [3.8, 4) is 0 Å². The molecular formula is C14H14F3N3O3. The summed E-state index contributed by atoms with van der Waals surface area (Å²) in [7, 11) is 0. The number of benzene rings is 1. The first-order valence-corrected chi connectivity index (χ1v) is 6.85. The van der Waals surface area contributed by atoms with Crippen LogP contribution < -0.4 is 0 Å². The van der Waals surface area contributed by atoms with Crippen LogP contribution >= 0.6 is 0 Å². The highest BCUT2D eigenvalue weighted by atomic mass is 19.4. The molecule has 9 heteroatoms. The number of carbonyl (C=O) groups is 1. The molecule has 0 aliphatic rings. The number of alkyl halides is 3. The van der Waals surface area contributed by atoms with Gasteiger partial charge in [-0.25, -0.2) is 0 Å². The minimum Gasteiger partial charge on any atom is -0.345 e. The first kappa shape index (κ1) is 16.8. The normalized spacial score (nSPS) is 11.7. The van der Waals surface area contributed by atoms with Gasteiger partial charge < -0.3 is 9.88 Å². The molecule has 2 aromatic rings. The maximum atomic E-state index is 12.3. The van der Waals surface area contributed by atoms with E-state index in [9.17, 15) is 28.1 Å². The fourth-order valence-corrected chi connectivity index (χ4v) is 2.24. The highest BCUT2D eigenvalue weighted by Gasteiger charge is 2.29. The summed E-state index contributed by atoms with van der Waals surface area (Å²) in [6, 6.07) is 5.75. The molecule has 23 heavy (non-hydrogen) atoms. The van der Waals surface area contributed by atoms with Crippen LogP contribution in [0.1, 0.15) is 23.8 Å². The number of nitro benzene ring substituents is 1. The van der Waals surface area contributed by atoms with Gasteiger partial charge in [-0.15, -0.1) is 0 Å². The number of aromatic nitrogens is 1. The molecule has 6 nitrogen and oxygen atoms in total. The predicted octanol–water partition coefficient (Wildman–Crippen LogP) is 3.49. The van der Waals surface area contributed by atoms with E-state index in [-0.39, 0.29) is 23.4 Å². The molecular weight excluding hydrogens is 315 g/mol. The van der Waals surface area contributed by atoms with Gasteiger partial charge in [0.05, 0.1) is 11.3 Å². The van der Waals surface area contributed by atoms with E-state index in [4.69, 9.17) is 0 Å². The molecule has 0 spiro atoms. The fraction of sp³-hybridized carbons (Fsp3) is 0.357. The zero-order valence-electron chi connectivity index (χ0n) is 12.2. The van der Waals surface area contributed by atoms with E-state index < -0.39 is 30.0 Å². The molecule has 2 rings (SSSR count). The molecule has 124 valence electrons. The van der Waals surface area contributed by atoms with Crippen molar-refractivity contribution >= 4 is 22.5 Å². The van der Waals surface area contributed by atoms with Gasteiger partial charge in [-0.1, -0.05) is 12.1 Å². The second kappa shape index (κ2) is 6.27. The van der Waals surface area contributed by atoms with Crippen molar-refractivity contribution in [3.05, 3.63) is 40.1 Å². The second-order valence-corrected chi connectivity index (χ2v) is 4.93. The number of carbonyl (C=O) groups excluding carboxylic acids is 1. The lowest BCUT2D eigenvalue weighted by Crippen LogP contribution is -2.34. The Bertz CT molecular complexity index is 740. The van der Waals surface area contributed by atoms with Gasteiger partial charge in [0.15, 0.2) is 0 Å². The number of aromatic amines is 1. The minimum absolute atomic E-state index is 0.0262. The lowest BCUT2D eigenvalue weighted by molar-refractivity contribution is -0.383. The van der Waals surface area contributed by atoms with Gasteiger partial charge in [0.2, 0.25) is 0 Å². The summed E-state index contributed by atoms with van der Waals surface area (Å²) < 4.78 is 36.9. The number of nitrogens with one attached hydrogen (secondary N) is 1. The number of nitro groups is 1. The first-order chi connectivity index (χ1) is 10.7. The van der Waals surface area contributed by atoms with Crippen molar-refractivity contribution in [2.45, 2.75) is 19.5 Å². The van der Waals surface area contributed by atoms with Crippen LogP contribution in [0.4, 0.5) is 18.9 Å². The van der Waals surface area contributed by atoms with E-state index >= 15 is 0 Å². The second-order valence-electron chi connectivity index (χ2n) is 4.93. The van der Waals surface area contributed by atoms with Gasteiger partial charge in [-0.2, -0.15) is 13.2 Å². The third kappa shape index (κ3) is 3.79. The van der Waals surface area contributed by atoms with E-state index in [0.717, 1.165) is 4.90 Å². The molecule has 1 N–H and O–H groups in total. The Morgan fingerprint density at radius 1 is 1.39 bits per heavy atom. The summed E-state index contributed by atoms with van der Waals surface area (Å²) >= 11 is 0. The van der Waals surface area contributed by atoms with Crippen molar-refractivity contribution in [1.29, 1.82) is 0 Å². The van der Waals surface area contributed by atoms with Crippen LogP contribution in [0, 0.1) is 10.1 Å². The number of hydrogen-bond donors (Lipinski definition) is 1. The van der Waals surface area contributed by atoms with Crippen LogP contribution in [0.2, 0.25) is 0 Å². The molecule has 1 aromatic heterocycles. The molecule has 0 unspecified atom stereocenters. The number of para-hydroxylation sites is 1. The topological polar surface area (TPSA) is 79.2 Å². The summed E-state index contributed by atoms with van der Waals surface area (Å²) in [5.41, 5.74) is 0.00550. The summed E-state index contributed by atoms with van der Waals surface area (Å²) in [5, 5.41) is 11.4. The van der Waals surface area contributed by atoms with Crippen LogP contribution in [0.3, 0.4) is 0 Å². The van der Waals surface area contributed by atoms with Crippen molar-refractivity contribution in [3.63, 3.8) is 0 Å². The largest absolute Gasteiger partial charge is 0.390 e. The van der Waals surface area contributed by atoms with E-state index in [1.807, 2.05) is 0 Å². The Kier molecular flexibility index (Phi) is 4.57. The summed E-state index contributed by atoms with van der Waals surface area (Å²) in [6.45, 7) is 1.21. The van der Waals surface area contributed by atoms with Crippen molar-refractivity contribution in [2.75, 3.05) is 13.1 Å². The quantitative estimate of drug-likeness (QED) is 0.673. The molecule has 0 radical (unpaired) electrons. The number of non-ortho nitro benzene ring substituents is 1. The molecule has 0 fully saturated rings. The number of halogens is 3. The number of H-pyrrole nitrogens is 1. The Morgan fingerprint density at radius 3 is 2.65 bits per heavy atom. The molecule has 0 saturated carbocycles. The van der Waals surface area contributed by atoms with Crippen LogP contribution in [0.5, 0.6) is 0 Å². The third-order valence-electron chi connectivity index (χ3n) is 3.40. The Labute approximate surface area is 129 Å². The van der Waals surface area contributed by atoms with Crippen molar-refractivity contribution in [2.24, 2.45) is 0 Å². The van der Waals surface area contributed by atoms with Gasteiger partial charge >= 0.3 is 6.18 Å². The smallest absolute Gasteiger partial charge is 0.345 e. The van der Waals surface area contributed by atoms with E-state index in [2.05, 4.69) is 4.98 Å². The lowest BCUT2D eigenvalue weighted by Gasteiger charge is -2.20. The molecule has 1 amide bonds. The highest BCUT2D eigenvalue weighted by Crippen LogP contribution is 2.26. The number of amides is 1. The average Bonchev–Trinajstić information content (AvgIpc) is 2.89. The van der Waals surface area contributed by atoms with Gasteiger partial charge in [0, 0.05) is 24.5 Å². The average molecular weight is 329 g/mol. The maximum Gasteiger partial charge on any atom is 0.390 e. The van der Waals surface area contributed by atoms with Gasteiger partial charge in [0.1, 0.15) is 11.2 Å². The summed E-state index contributed by atoms with van der Waals surface area (Å²) in [5.74, 6) is -0.623. The zero-order chi connectivity index (χ0) is 17.2. The SMILES string of the molecule is CCN(CCC(F)(F)F)C(=O)c1cc2cccc([N+](=O)[O-])c2[nH]1. The number of hydrogen-bond acceptors (Lipinski definition) is 3. The Morgan fingerprint density at radius 2 is 2.09 bits per heavy atom. The predicted molar refractivity (Wildman–Crippen MR) is 77.2 cm³/mol. The molecule has 1 aromatic carbocycles. The number of nitrogens with zero attached hydrogens (tertiary/aromatic N) is 2. The minimum atomic E-state index is -4.35. The Balaban J connectivity index is 2.29. The number of rotatable bonds is 5. The summed E-state index contributed by atoms with van der Waals surface area (Å²) in [6.07, 6.45) is -5.46. The zero-order valence-corrected chi connectivity index (χ0v) is 12.2. The first-order valence-electron chi connectivity index (χ1n) is 6.85. The number of fused-ring (bicyclic) bond motifs is 1. The van der Waals surface area contributed by atoms with Gasteiger partial charge in [-0.05, 0) is 13.0 Å². The Hall–Kier alpha value is -2.58. The van der Waals surface area contributed by atoms with Gasteiger partial charge in [-0.3, -0.25) is 14.9 Å². The highest BCUT2D eigenvalue weighted by molar-refractivity contribution is 6.00. The fourth-order valence-electron chi connectivity index (χ4n) is 2.24. The van der Waals surface area contributed by atoms with Crippen molar-refractivity contribution < 1.29 is 22.9 Å². The van der Waals surface area contributed by atoms with E-state index in [1.165, 1.54) is 18.2 Å². The summed E-state index contributed by atoms with van der Waals surface area (Å²) in [4.78, 5) is 26.4. The van der Waals surface area contributed by atoms with Crippen LogP contribution in [-0.4, -0.2) is 40.0 Å². The van der Waals surface area contributed by atoms with Crippen LogP contribution in [-0.2, 0) is 0 Å². The van der Waals surface area contributed by atoms with E-state index in [1.54, 1.807) is 13.0 Å². The molecule has 0 aliphatic heterocycles.